The molecule has 1 aromatic rings. The summed E-state index contributed by atoms with van der Waals surface area (Å²) in [5.74, 6) is -0.179. The molecule has 0 spiro atoms. The summed E-state index contributed by atoms with van der Waals surface area (Å²) in [4.78, 5) is 11.7. The van der Waals surface area contributed by atoms with Gasteiger partial charge in [-0.15, -0.1) is 0 Å². The highest BCUT2D eigenvalue weighted by atomic mass is 16.3. The third kappa shape index (κ3) is 3.04. The van der Waals surface area contributed by atoms with E-state index in [4.69, 9.17) is 5.11 Å². The van der Waals surface area contributed by atoms with E-state index >= 15 is 0 Å². The molecule has 0 bridgehead atoms. The molecule has 1 unspecified atom stereocenters. The van der Waals surface area contributed by atoms with Gasteiger partial charge in [-0.1, -0.05) is 18.2 Å². The normalized spacial score (nSPS) is 12.2. The number of carbonyl (C=O) groups excluding carboxylic acids is 1. The Morgan fingerprint density at radius 2 is 2.13 bits per heavy atom. The predicted molar refractivity (Wildman–Crippen MR) is 58.4 cm³/mol. The van der Waals surface area contributed by atoms with E-state index in [9.17, 15) is 4.79 Å². The zero-order valence-corrected chi connectivity index (χ0v) is 8.95. The zero-order chi connectivity index (χ0) is 11.3. The van der Waals surface area contributed by atoms with Crippen LogP contribution in [0.15, 0.2) is 24.3 Å². The largest absolute Gasteiger partial charge is 0.392 e. The minimum Gasteiger partial charge on any atom is -0.392 e. The number of aliphatic hydroxyl groups excluding tert-OH is 1. The van der Waals surface area contributed by atoms with E-state index in [1.165, 1.54) is 0 Å². The lowest BCUT2D eigenvalue weighted by Gasteiger charge is -2.14. The van der Waals surface area contributed by atoms with Crippen LogP contribution in [0, 0.1) is 0 Å². The van der Waals surface area contributed by atoms with Crippen molar-refractivity contribution in [3.8, 4) is 0 Å². The monoisotopic (exact) mass is 208 g/mol. The van der Waals surface area contributed by atoms with Crippen molar-refractivity contribution in [2.45, 2.75) is 19.7 Å². The molecule has 0 radical (unpaired) electrons. The molecule has 0 saturated carbocycles. The molecule has 0 aliphatic carbocycles. The molecule has 4 nitrogen and oxygen atoms in total. The lowest BCUT2D eigenvalue weighted by molar-refractivity contribution is 0.0932. The summed E-state index contributed by atoms with van der Waals surface area (Å²) in [6.07, 6.45) is -0.0933. The standard InChI is InChI=1S/C11H16N2O2/c1-8(12-2)13-11(15)10-6-4-3-5-9(10)7-14/h3-6,8,12,14H,7H2,1-2H3,(H,13,15). The van der Waals surface area contributed by atoms with Gasteiger partial charge in [0.2, 0.25) is 0 Å². The van der Waals surface area contributed by atoms with Crippen molar-refractivity contribution < 1.29 is 9.90 Å². The van der Waals surface area contributed by atoms with Crippen LogP contribution in [0.1, 0.15) is 22.8 Å². The minimum absolute atomic E-state index is 0.0933. The number of aliphatic hydroxyl groups is 1. The molecule has 0 saturated heterocycles. The van der Waals surface area contributed by atoms with Crippen LogP contribution in [0.2, 0.25) is 0 Å². The van der Waals surface area contributed by atoms with Crippen LogP contribution in [-0.2, 0) is 6.61 Å². The molecule has 1 rings (SSSR count). The Balaban J connectivity index is 2.81. The van der Waals surface area contributed by atoms with Crippen LogP contribution in [0.4, 0.5) is 0 Å². The fraction of sp³-hybridized carbons (Fsp3) is 0.364. The van der Waals surface area contributed by atoms with Gasteiger partial charge in [0.25, 0.3) is 5.91 Å². The highest BCUT2D eigenvalue weighted by Gasteiger charge is 2.11. The van der Waals surface area contributed by atoms with Crippen LogP contribution in [0.3, 0.4) is 0 Å². The molecule has 0 aliphatic rings. The van der Waals surface area contributed by atoms with E-state index in [2.05, 4.69) is 10.6 Å². The average Bonchev–Trinajstić information content (AvgIpc) is 2.28. The molecule has 15 heavy (non-hydrogen) atoms. The summed E-state index contributed by atoms with van der Waals surface area (Å²) in [7, 11) is 1.77. The van der Waals surface area contributed by atoms with Gasteiger partial charge in [0.1, 0.15) is 0 Å². The van der Waals surface area contributed by atoms with E-state index in [0.717, 1.165) is 0 Å². The van der Waals surface area contributed by atoms with Gasteiger partial charge < -0.3 is 15.7 Å². The number of carbonyl (C=O) groups is 1. The van der Waals surface area contributed by atoms with Crippen molar-refractivity contribution in [2.75, 3.05) is 7.05 Å². The predicted octanol–water partition coefficient (Wildman–Crippen LogP) is 0.474. The molecule has 0 aliphatic heterocycles. The molecular formula is C11H16N2O2. The lowest BCUT2D eigenvalue weighted by Crippen LogP contribution is -2.41. The van der Waals surface area contributed by atoms with Gasteiger partial charge >= 0.3 is 0 Å². The fourth-order valence-electron chi connectivity index (χ4n) is 1.23. The second-order valence-electron chi connectivity index (χ2n) is 3.30. The Kier molecular flexibility index (Phi) is 4.27. The summed E-state index contributed by atoms with van der Waals surface area (Å²) >= 11 is 0. The van der Waals surface area contributed by atoms with E-state index in [0.29, 0.717) is 11.1 Å². The lowest BCUT2D eigenvalue weighted by atomic mass is 10.1. The third-order valence-corrected chi connectivity index (χ3v) is 2.21. The van der Waals surface area contributed by atoms with Crippen LogP contribution in [0.5, 0.6) is 0 Å². The Hall–Kier alpha value is -1.39. The first-order valence-corrected chi connectivity index (χ1v) is 4.86. The molecule has 1 amide bonds. The first kappa shape index (κ1) is 11.7. The second-order valence-corrected chi connectivity index (χ2v) is 3.30. The molecule has 3 N–H and O–H groups in total. The van der Waals surface area contributed by atoms with Crippen molar-refractivity contribution in [1.82, 2.24) is 10.6 Å². The summed E-state index contributed by atoms with van der Waals surface area (Å²) in [5.41, 5.74) is 1.15. The topological polar surface area (TPSA) is 61.4 Å². The number of amides is 1. The van der Waals surface area contributed by atoms with Gasteiger partial charge in [-0.2, -0.15) is 0 Å². The van der Waals surface area contributed by atoms with Gasteiger partial charge in [-0.05, 0) is 25.6 Å². The highest BCUT2D eigenvalue weighted by molar-refractivity contribution is 5.95. The van der Waals surface area contributed by atoms with Gasteiger partial charge in [-0.3, -0.25) is 4.79 Å². The summed E-state index contributed by atoms with van der Waals surface area (Å²) in [5, 5.41) is 14.7. The fourth-order valence-corrected chi connectivity index (χ4v) is 1.23. The third-order valence-electron chi connectivity index (χ3n) is 2.21. The van der Waals surface area contributed by atoms with Crippen molar-refractivity contribution in [3.05, 3.63) is 35.4 Å². The van der Waals surface area contributed by atoms with Crippen molar-refractivity contribution in [1.29, 1.82) is 0 Å². The first-order chi connectivity index (χ1) is 7.19. The van der Waals surface area contributed by atoms with Gasteiger partial charge in [0, 0.05) is 5.56 Å². The smallest absolute Gasteiger partial charge is 0.252 e. The van der Waals surface area contributed by atoms with Crippen LogP contribution in [0.25, 0.3) is 0 Å². The minimum atomic E-state index is -0.179. The van der Waals surface area contributed by atoms with Crippen molar-refractivity contribution in [3.63, 3.8) is 0 Å². The summed E-state index contributed by atoms with van der Waals surface area (Å²) in [6.45, 7) is 1.72. The Labute approximate surface area is 89.3 Å². The Morgan fingerprint density at radius 3 is 2.73 bits per heavy atom. The molecule has 0 heterocycles. The zero-order valence-electron chi connectivity index (χ0n) is 8.95. The molecule has 1 aromatic carbocycles. The molecule has 82 valence electrons. The van der Waals surface area contributed by atoms with Crippen LogP contribution < -0.4 is 10.6 Å². The maximum Gasteiger partial charge on any atom is 0.252 e. The van der Waals surface area contributed by atoms with E-state index in [1.54, 1.807) is 31.3 Å². The maximum absolute atomic E-state index is 11.7. The van der Waals surface area contributed by atoms with E-state index in [1.807, 2.05) is 6.92 Å². The van der Waals surface area contributed by atoms with E-state index < -0.39 is 0 Å². The SMILES string of the molecule is CNC(C)NC(=O)c1ccccc1CO. The highest BCUT2D eigenvalue weighted by Crippen LogP contribution is 2.08. The van der Waals surface area contributed by atoms with Crippen molar-refractivity contribution in [2.24, 2.45) is 0 Å². The first-order valence-electron chi connectivity index (χ1n) is 4.86. The quantitative estimate of drug-likeness (QED) is 0.630. The molecule has 0 fully saturated rings. The number of nitrogens with one attached hydrogen (secondary N) is 2. The number of hydrogen-bond acceptors (Lipinski definition) is 3. The van der Waals surface area contributed by atoms with Gasteiger partial charge in [0.05, 0.1) is 12.8 Å². The van der Waals surface area contributed by atoms with Gasteiger partial charge in [0.15, 0.2) is 0 Å². The van der Waals surface area contributed by atoms with Crippen molar-refractivity contribution >= 4 is 5.91 Å². The second kappa shape index (κ2) is 5.48. The van der Waals surface area contributed by atoms with E-state index in [-0.39, 0.29) is 18.7 Å². The summed E-state index contributed by atoms with van der Waals surface area (Å²) < 4.78 is 0. The molecular weight excluding hydrogens is 192 g/mol. The van der Waals surface area contributed by atoms with Crippen LogP contribution >= 0.6 is 0 Å². The maximum atomic E-state index is 11.7. The van der Waals surface area contributed by atoms with Crippen LogP contribution in [-0.4, -0.2) is 24.2 Å². The number of hydrogen-bond donors (Lipinski definition) is 3. The Morgan fingerprint density at radius 1 is 1.47 bits per heavy atom. The summed E-state index contributed by atoms with van der Waals surface area (Å²) in [6, 6.07) is 7.00. The molecule has 0 aromatic heterocycles. The average molecular weight is 208 g/mol. The number of rotatable bonds is 4. The Bertz CT molecular complexity index is 339. The van der Waals surface area contributed by atoms with Gasteiger partial charge in [-0.25, -0.2) is 0 Å². The molecule has 4 heteroatoms. The number of benzene rings is 1. The molecule has 1 atom stereocenters.